The monoisotopic (exact) mass is 505 g/mol. The largest absolute Gasteiger partial charge is 0.348 e. The molecule has 1 aliphatic heterocycles. The molecule has 1 fully saturated rings. The zero-order valence-corrected chi connectivity index (χ0v) is 20.3. The van der Waals surface area contributed by atoms with Crippen molar-refractivity contribution in [2.75, 3.05) is 11.5 Å². The first-order valence-corrected chi connectivity index (χ1v) is 13.1. The lowest BCUT2D eigenvalue weighted by molar-refractivity contribution is 0.0942. The summed E-state index contributed by atoms with van der Waals surface area (Å²) in [6.07, 6.45) is 2.01. The number of aromatic nitrogens is 3. The normalized spacial score (nSPS) is 16.8. The van der Waals surface area contributed by atoms with Crippen molar-refractivity contribution in [3.63, 3.8) is 0 Å². The highest BCUT2D eigenvalue weighted by molar-refractivity contribution is 7.91. The Bertz CT molecular complexity index is 1620. The lowest BCUT2D eigenvalue weighted by atomic mass is 9.97. The van der Waals surface area contributed by atoms with Gasteiger partial charge in [-0.3, -0.25) is 4.79 Å². The quantitative estimate of drug-likeness (QED) is 0.450. The van der Waals surface area contributed by atoms with E-state index in [4.69, 9.17) is 11.6 Å². The van der Waals surface area contributed by atoms with Gasteiger partial charge in [-0.2, -0.15) is 10.4 Å². The van der Waals surface area contributed by atoms with Crippen molar-refractivity contribution in [3.8, 4) is 28.5 Å². The third kappa shape index (κ3) is 4.27. The fourth-order valence-corrected chi connectivity index (χ4v) is 6.22. The molecule has 0 saturated carbocycles. The van der Waals surface area contributed by atoms with Crippen molar-refractivity contribution < 1.29 is 13.2 Å². The summed E-state index contributed by atoms with van der Waals surface area (Å²) in [5.41, 5.74) is 4.34. The van der Waals surface area contributed by atoms with Crippen LogP contribution >= 0.6 is 11.6 Å². The van der Waals surface area contributed by atoms with E-state index in [9.17, 15) is 18.5 Å². The van der Waals surface area contributed by atoms with Gasteiger partial charge in [-0.1, -0.05) is 41.9 Å². The van der Waals surface area contributed by atoms with Gasteiger partial charge in [0.2, 0.25) is 0 Å². The van der Waals surface area contributed by atoms with E-state index >= 15 is 0 Å². The number of nitrogens with one attached hydrogen (secondary N) is 1. The Kier molecular flexibility index (Phi) is 5.79. The van der Waals surface area contributed by atoms with Gasteiger partial charge in [0.25, 0.3) is 5.91 Å². The van der Waals surface area contributed by atoms with Crippen LogP contribution in [0.15, 0.2) is 54.7 Å². The fourth-order valence-electron chi connectivity index (χ4n) is 4.42. The minimum Gasteiger partial charge on any atom is -0.348 e. The predicted octanol–water partition coefficient (Wildman–Crippen LogP) is 3.81. The third-order valence-electron chi connectivity index (χ3n) is 6.07. The molecule has 4 aromatic rings. The lowest BCUT2D eigenvalue weighted by Crippen LogP contribution is -2.35. The summed E-state index contributed by atoms with van der Waals surface area (Å²) in [5.74, 6) is -0.429. The highest BCUT2D eigenvalue weighted by Gasteiger charge is 2.31. The van der Waals surface area contributed by atoms with Crippen molar-refractivity contribution >= 4 is 33.0 Å². The second-order valence-corrected chi connectivity index (χ2v) is 11.1. The number of halogens is 1. The minimum absolute atomic E-state index is 0.0618. The van der Waals surface area contributed by atoms with Gasteiger partial charge in [-0.15, -0.1) is 0 Å². The van der Waals surface area contributed by atoms with Gasteiger partial charge < -0.3 is 5.32 Å². The summed E-state index contributed by atoms with van der Waals surface area (Å²) in [5, 5.41) is 17.7. The van der Waals surface area contributed by atoms with E-state index in [1.165, 1.54) is 0 Å². The minimum atomic E-state index is -3.14. The van der Waals surface area contributed by atoms with Gasteiger partial charge in [-0.25, -0.2) is 17.9 Å². The van der Waals surface area contributed by atoms with Crippen LogP contribution in [0.2, 0.25) is 5.02 Å². The molecular formula is C25H20ClN5O3S. The maximum Gasteiger partial charge on any atom is 0.257 e. The lowest BCUT2D eigenvalue weighted by Gasteiger charge is -2.14. The van der Waals surface area contributed by atoms with E-state index in [0.717, 1.165) is 5.56 Å². The van der Waals surface area contributed by atoms with Gasteiger partial charge in [0.05, 0.1) is 34.5 Å². The molecule has 8 nitrogen and oxygen atoms in total. The number of fused-ring (bicyclic) bond motifs is 1. The second-order valence-electron chi connectivity index (χ2n) is 8.45. The molecule has 0 spiro atoms. The molecular weight excluding hydrogens is 486 g/mol. The molecule has 1 atom stereocenters. The van der Waals surface area contributed by atoms with Crippen LogP contribution in [0.5, 0.6) is 0 Å². The third-order valence-corrected chi connectivity index (χ3v) is 8.09. The molecule has 5 rings (SSSR count). The van der Waals surface area contributed by atoms with Crippen molar-refractivity contribution in [2.24, 2.45) is 0 Å². The Balaban J connectivity index is 1.69. The number of nitriles is 1. The number of sulfone groups is 1. The Morgan fingerprint density at radius 2 is 1.91 bits per heavy atom. The van der Waals surface area contributed by atoms with Crippen molar-refractivity contribution in [1.82, 2.24) is 19.9 Å². The second kappa shape index (κ2) is 8.80. The van der Waals surface area contributed by atoms with Crippen LogP contribution in [0.4, 0.5) is 0 Å². The number of nitrogens with zero attached hydrogens (tertiary/aromatic N) is 4. The molecule has 176 valence electrons. The number of carbonyl (C=O) groups excluding carboxylic acids is 1. The van der Waals surface area contributed by atoms with Crippen LogP contribution in [0, 0.1) is 18.3 Å². The Morgan fingerprint density at radius 1 is 1.17 bits per heavy atom. The summed E-state index contributed by atoms with van der Waals surface area (Å²) in [7, 11) is -3.14. The highest BCUT2D eigenvalue weighted by atomic mass is 35.5. The molecule has 1 aliphatic rings. The summed E-state index contributed by atoms with van der Waals surface area (Å²) in [6.45, 7) is 1.71. The van der Waals surface area contributed by atoms with E-state index in [-0.39, 0.29) is 17.1 Å². The van der Waals surface area contributed by atoms with E-state index < -0.39 is 21.8 Å². The van der Waals surface area contributed by atoms with Crippen molar-refractivity contribution in [2.45, 2.75) is 19.4 Å². The topological polar surface area (TPSA) is 117 Å². The number of aryl methyl sites for hydroxylation is 1. The molecule has 2 aromatic carbocycles. The van der Waals surface area contributed by atoms with E-state index in [1.807, 2.05) is 24.3 Å². The number of hydrogen-bond acceptors (Lipinski definition) is 6. The molecule has 2 aromatic heterocycles. The van der Waals surface area contributed by atoms with Crippen LogP contribution in [0.25, 0.3) is 28.0 Å². The van der Waals surface area contributed by atoms with Gasteiger partial charge in [0.1, 0.15) is 5.56 Å². The van der Waals surface area contributed by atoms with E-state index in [1.54, 1.807) is 41.9 Å². The molecule has 1 saturated heterocycles. The molecule has 1 N–H and O–H groups in total. The SMILES string of the molecule is Cc1nn2c(-c3ccc(Cl)cc3)c(-c3ccccc3C#N)cnc2c1C(=O)NC1CCS(=O)(=O)C1. The number of carbonyl (C=O) groups is 1. The number of amides is 1. The Hall–Kier alpha value is -3.74. The summed E-state index contributed by atoms with van der Waals surface area (Å²) < 4.78 is 25.3. The van der Waals surface area contributed by atoms with Crippen molar-refractivity contribution in [3.05, 3.63) is 76.6 Å². The first-order valence-electron chi connectivity index (χ1n) is 10.9. The average Bonchev–Trinajstić information content (AvgIpc) is 3.36. The summed E-state index contributed by atoms with van der Waals surface area (Å²) >= 11 is 6.12. The molecule has 3 heterocycles. The fraction of sp³-hybridized carbons (Fsp3) is 0.200. The van der Waals surface area contributed by atoms with Crippen LogP contribution in [-0.2, 0) is 9.84 Å². The summed E-state index contributed by atoms with van der Waals surface area (Å²) in [4.78, 5) is 17.8. The Labute approximate surface area is 207 Å². The van der Waals surface area contributed by atoms with E-state index in [0.29, 0.717) is 45.2 Å². The molecule has 1 amide bonds. The average molecular weight is 506 g/mol. The van der Waals surface area contributed by atoms with Crippen LogP contribution < -0.4 is 5.32 Å². The van der Waals surface area contributed by atoms with Crippen LogP contribution in [-0.4, -0.2) is 46.5 Å². The molecule has 0 radical (unpaired) electrons. The Morgan fingerprint density at radius 3 is 2.60 bits per heavy atom. The van der Waals surface area contributed by atoms with E-state index in [2.05, 4.69) is 21.5 Å². The number of rotatable bonds is 4. The highest BCUT2D eigenvalue weighted by Crippen LogP contribution is 2.35. The molecule has 10 heteroatoms. The standard InChI is InChI=1S/C25H20ClN5O3S/c1-15-22(25(32)29-19-10-11-35(33,34)14-19)24-28-13-21(20-5-3-2-4-17(20)12-27)23(31(24)30-15)16-6-8-18(26)9-7-16/h2-9,13,19H,10-11,14H2,1H3,(H,29,32). The number of hydrogen-bond donors (Lipinski definition) is 1. The maximum absolute atomic E-state index is 13.2. The zero-order valence-electron chi connectivity index (χ0n) is 18.7. The first kappa shape index (κ1) is 23.0. The molecule has 35 heavy (non-hydrogen) atoms. The van der Waals surface area contributed by atoms with Crippen molar-refractivity contribution in [1.29, 1.82) is 5.26 Å². The molecule has 0 bridgehead atoms. The van der Waals surface area contributed by atoms with Gasteiger partial charge in [0.15, 0.2) is 15.5 Å². The number of benzene rings is 2. The van der Waals surface area contributed by atoms with Gasteiger partial charge in [0, 0.05) is 34.0 Å². The smallest absolute Gasteiger partial charge is 0.257 e. The van der Waals surface area contributed by atoms with Gasteiger partial charge >= 0.3 is 0 Å². The van der Waals surface area contributed by atoms with Crippen LogP contribution in [0.3, 0.4) is 0 Å². The molecule has 0 aliphatic carbocycles. The summed E-state index contributed by atoms with van der Waals surface area (Å²) in [6, 6.07) is 16.2. The molecule has 1 unspecified atom stereocenters. The van der Waals surface area contributed by atoms with Gasteiger partial charge in [-0.05, 0) is 31.5 Å². The maximum atomic E-state index is 13.2. The predicted molar refractivity (Wildman–Crippen MR) is 133 cm³/mol. The zero-order chi connectivity index (χ0) is 24.7. The first-order chi connectivity index (χ1) is 16.8. The van der Waals surface area contributed by atoms with Crippen LogP contribution in [0.1, 0.15) is 28.0 Å².